The van der Waals surface area contributed by atoms with Crippen molar-refractivity contribution in [2.75, 3.05) is 13.7 Å². The van der Waals surface area contributed by atoms with Gasteiger partial charge in [0.05, 0.1) is 30.6 Å². The third-order valence-electron chi connectivity index (χ3n) is 3.58. The average molecular weight is 492 g/mol. The Morgan fingerprint density at radius 1 is 1.50 bits per heavy atom. The molecule has 0 radical (unpaired) electrons. The van der Waals surface area contributed by atoms with Crippen LogP contribution >= 0.6 is 35.3 Å². The molecule has 0 amide bonds. The zero-order chi connectivity index (χ0) is 18.4. The van der Waals surface area contributed by atoms with E-state index in [0.717, 1.165) is 10.7 Å². The van der Waals surface area contributed by atoms with Crippen molar-refractivity contribution in [3.63, 3.8) is 0 Å². The Bertz CT molecular complexity index is 758. The van der Waals surface area contributed by atoms with Crippen molar-refractivity contribution < 1.29 is 9.53 Å². The van der Waals surface area contributed by atoms with Gasteiger partial charge in [0.25, 0.3) is 0 Å². The normalized spacial score (nSPS) is 12.3. The first-order valence-electron chi connectivity index (χ1n) is 8.04. The number of nitrogens with one attached hydrogen (secondary N) is 2. The van der Waals surface area contributed by atoms with Crippen LogP contribution in [0, 0.1) is 6.92 Å². The maximum absolute atomic E-state index is 11.9. The van der Waals surface area contributed by atoms with Crippen LogP contribution in [0.15, 0.2) is 17.3 Å². The van der Waals surface area contributed by atoms with Crippen LogP contribution in [0.4, 0.5) is 0 Å². The second-order valence-corrected chi connectivity index (χ2v) is 6.46. The molecular formula is C16H25IN6O2S. The van der Waals surface area contributed by atoms with E-state index < -0.39 is 0 Å². The van der Waals surface area contributed by atoms with Crippen molar-refractivity contribution in [3.8, 4) is 0 Å². The third kappa shape index (κ3) is 5.66. The number of nitrogens with zero attached hydrogens (tertiary/aromatic N) is 4. The monoisotopic (exact) mass is 492 g/mol. The molecule has 0 aliphatic carbocycles. The Morgan fingerprint density at radius 2 is 2.23 bits per heavy atom. The van der Waals surface area contributed by atoms with E-state index in [1.807, 2.05) is 27.0 Å². The highest BCUT2D eigenvalue weighted by Gasteiger charge is 2.20. The molecule has 2 heterocycles. The first-order valence-corrected chi connectivity index (χ1v) is 8.86. The lowest BCUT2D eigenvalue weighted by Crippen LogP contribution is -2.38. The van der Waals surface area contributed by atoms with Gasteiger partial charge in [-0.2, -0.15) is 5.10 Å². The molecule has 0 spiro atoms. The molecule has 26 heavy (non-hydrogen) atoms. The van der Waals surface area contributed by atoms with Crippen LogP contribution in [0.1, 0.15) is 46.0 Å². The number of aryl methyl sites for hydroxylation is 2. The number of esters is 1. The second-order valence-electron chi connectivity index (χ2n) is 5.43. The largest absolute Gasteiger partial charge is 0.462 e. The van der Waals surface area contributed by atoms with Crippen LogP contribution in [0.25, 0.3) is 0 Å². The standard InChI is InChI=1S/C16H24N6O2S.HI/c1-6-24-15(23)13-10(2)20-14(25-13)11(3)21-16(17-4)18-9-12-7-8-19-22(12)5;/h7-8,11H,6,9H2,1-5H3,(H2,17,18,21);1H. The summed E-state index contributed by atoms with van der Waals surface area (Å²) in [4.78, 5) is 21.2. The van der Waals surface area contributed by atoms with Gasteiger partial charge in [0.2, 0.25) is 0 Å². The number of aliphatic imine (C=N–C) groups is 1. The van der Waals surface area contributed by atoms with E-state index in [4.69, 9.17) is 4.74 Å². The van der Waals surface area contributed by atoms with Crippen molar-refractivity contribution in [2.24, 2.45) is 12.0 Å². The van der Waals surface area contributed by atoms with E-state index in [9.17, 15) is 4.79 Å². The molecule has 0 saturated heterocycles. The molecule has 144 valence electrons. The first kappa shape index (κ1) is 22.4. The van der Waals surface area contributed by atoms with Crippen LogP contribution in [0.2, 0.25) is 0 Å². The molecule has 2 aromatic rings. The van der Waals surface area contributed by atoms with Crippen molar-refractivity contribution in [3.05, 3.63) is 33.5 Å². The fraction of sp³-hybridized carbons (Fsp3) is 0.500. The van der Waals surface area contributed by atoms with Crippen LogP contribution < -0.4 is 10.6 Å². The van der Waals surface area contributed by atoms with Gasteiger partial charge in [-0.25, -0.2) is 9.78 Å². The van der Waals surface area contributed by atoms with Crippen molar-refractivity contribution in [2.45, 2.75) is 33.4 Å². The number of guanidine groups is 1. The number of thiazole rings is 1. The molecule has 2 N–H and O–H groups in total. The molecule has 0 aliphatic heterocycles. The number of aromatic nitrogens is 3. The minimum atomic E-state index is -0.324. The highest BCUT2D eigenvalue weighted by atomic mass is 127. The molecule has 2 aromatic heterocycles. The van der Waals surface area contributed by atoms with Crippen molar-refractivity contribution in [1.82, 2.24) is 25.4 Å². The minimum Gasteiger partial charge on any atom is -0.462 e. The summed E-state index contributed by atoms with van der Waals surface area (Å²) in [7, 11) is 3.60. The summed E-state index contributed by atoms with van der Waals surface area (Å²) < 4.78 is 6.87. The second kappa shape index (κ2) is 10.5. The zero-order valence-corrected chi connectivity index (χ0v) is 18.7. The van der Waals surface area contributed by atoms with E-state index in [2.05, 4.69) is 25.7 Å². The predicted octanol–water partition coefficient (Wildman–Crippen LogP) is 2.41. The molecule has 0 aliphatic rings. The Morgan fingerprint density at radius 3 is 2.81 bits per heavy atom. The molecule has 0 aromatic carbocycles. The van der Waals surface area contributed by atoms with Crippen molar-refractivity contribution in [1.29, 1.82) is 0 Å². The number of hydrogen-bond donors (Lipinski definition) is 2. The van der Waals surface area contributed by atoms with Gasteiger partial charge in [0, 0.05) is 20.3 Å². The SMILES string of the molecule is CCOC(=O)c1sc(C(C)NC(=NC)NCc2ccnn2C)nc1C.I. The maximum Gasteiger partial charge on any atom is 0.350 e. The highest BCUT2D eigenvalue weighted by Crippen LogP contribution is 2.24. The third-order valence-corrected chi connectivity index (χ3v) is 4.90. The topological polar surface area (TPSA) is 93.4 Å². The highest BCUT2D eigenvalue weighted by molar-refractivity contribution is 14.0. The molecule has 2 rings (SSSR count). The molecule has 0 bridgehead atoms. The minimum absolute atomic E-state index is 0. The molecule has 8 nitrogen and oxygen atoms in total. The number of hydrogen-bond acceptors (Lipinski definition) is 6. The Hall–Kier alpha value is -1.69. The molecule has 0 fully saturated rings. The summed E-state index contributed by atoms with van der Waals surface area (Å²) >= 11 is 1.34. The lowest BCUT2D eigenvalue weighted by atomic mass is 10.3. The van der Waals surface area contributed by atoms with E-state index in [-0.39, 0.29) is 36.0 Å². The lowest BCUT2D eigenvalue weighted by Gasteiger charge is -2.16. The Balaban J connectivity index is 0.00000338. The van der Waals surface area contributed by atoms with Crippen molar-refractivity contribution >= 4 is 47.2 Å². The number of ether oxygens (including phenoxy) is 1. The number of rotatable bonds is 6. The van der Waals surface area contributed by atoms with E-state index in [1.54, 1.807) is 24.9 Å². The van der Waals surface area contributed by atoms with Gasteiger partial charge < -0.3 is 15.4 Å². The fourth-order valence-corrected chi connectivity index (χ4v) is 3.16. The van der Waals surface area contributed by atoms with Crippen LogP contribution in [-0.4, -0.2) is 40.3 Å². The van der Waals surface area contributed by atoms with Gasteiger partial charge in [-0.05, 0) is 26.8 Å². The summed E-state index contributed by atoms with van der Waals surface area (Å²) in [6, 6.07) is 1.85. The Labute approximate surface area is 174 Å². The van der Waals surface area contributed by atoms with E-state index in [1.165, 1.54) is 11.3 Å². The van der Waals surface area contributed by atoms with Gasteiger partial charge >= 0.3 is 5.97 Å². The van der Waals surface area contributed by atoms with Gasteiger partial charge in [-0.3, -0.25) is 9.67 Å². The van der Waals surface area contributed by atoms with E-state index in [0.29, 0.717) is 29.7 Å². The van der Waals surface area contributed by atoms with Gasteiger partial charge in [0.1, 0.15) is 9.88 Å². The molecule has 10 heteroatoms. The van der Waals surface area contributed by atoms with Gasteiger partial charge in [-0.15, -0.1) is 35.3 Å². The molecular weight excluding hydrogens is 467 g/mol. The van der Waals surface area contributed by atoms with Crippen LogP contribution in [-0.2, 0) is 18.3 Å². The van der Waals surface area contributed by atoms with Crippen LogP contribution in [0.3, 0.4) is 0 Å². The lowest BCUT2D eigenvalue weighted by molar-refractivity contribution is 0.0531. The molecule has 0 saturated carbocycles. The van der Waals surface area contributed by atoms with Gasteiger partial charge in [0.15, 0.2) is 5.96 Å². The number of carbonyl (C=O) groups excluding carboxylic acids is 1. The zero-order valence-electron chi connectivity index (χ0n) is 15.6. The van der Waals surface area contributed by atoms with E-state index >= 15 is 0 Å². The summed E-state index contributed by atoms with van der Waals surface area (Å²) in [6.07, 6.45) is 1.76. The van der Waals surface area contributed by atoms with Gasteiger partial charge in [-0.1, -0.05) is 0 Å². The smallest absolute Gasteiger partial charge is 0.350 e. The summed E-state index contributed by atoms with van der Waals surface area (Å²) in [5.41, 5.74) is 1.73. The fourth-order valence-electron chi connectivity index (χ4n) is 2.20. The number of carbonyl (C=O) groups is 1. The average Bonchev–Trinajstić information content (AvgIpc) is 3.17. The summed E-state index contributed by atoms with van der Waals surface area (Å²) in [5, 5.41) is 11.5. The quantitative estimate of drug-likeness (QED) is 0.279. The summed E-state index contributed by atoms with van der Waals surface area (Å²) in [5.74, 6) is 0.328. The Kier molecular flexibility index (Phi) is 8.99. The summed E-state index contributed by atoms with van der Waals surface area (Å²) in [6.45, 7) is 6.54. The first-order chi connectivity index (χ1) is 12.0. The number of halogens is 1. The van der Waals surface area contributed by atoms with Crippen LogP contribution in [0.5, 0.6) is 0 Å². The predicted molar refractivity (Wildman–Crippen MR) is 113 cm³/mol. The molecule has 1 atom stereocenters. The molecule has 1 unspecified atom stereocenters. The maximum atomic E-state index is 11.9.